The lowest BCUT2D eigenvalue weighted by molar-refractivity contribution is -0.140. The highest BCUT2D eigenvalue weighted by molar-refractivity contribution is 6.06. The third-order valence-electron chi connectivity index (χ3n) is 7.05. The maximum Gasteiger partial charge on any atom is 0.254 e. The van der Waals surface area contributed by atoms with Gasteiger partial charge in [-0.2, -0.15) is 10.1 Å². The van der Waals surface area contributed by atoms with Crippen molar-refractivity contribution in [1.82, 2.24) is 9.58 Å². The van der Waals surface area contributed by atoms with Gasteiger partial charge in [-0.1, -0.05) is 24.3 Å². The number of hydrogen-bond donors (Lipinski definition) is 0. The number of carbonyl (C=O) groups is 2. The van der Waals surface area contributed by atoms with Crippen LogP contribution >= 0.6 is 0 Å². The van der Waals surface area contributed by atoms with Crippen LogP contribution in [0.25, 0.3) is 5.69 Å². The van der Waals surface area contributed by atoms with Gasteiger partial charge in [0.15, 0.2) is 0 Å². The van der Waals surface area contributed by atoms with Crippen LogP contribution in [0.5, 0.6) is 0 Å². The quantitative estimate of drug-likeness (QED) is 0.456. The number of aryl methyl sites for hydroxylation is 2. The number of aromatic nitrogens is 1. The van der Waals surface area contributed by atoms with Gasteiger partial charge in [-0.15, -0.1) is 0 Å². The topological polar surface area (TPSA) is 54.7 Å². The number of benzene rings is 1. The summed E-state index contributed by atoms with van der Waals surface area (Å²) in [5.74, 6) is -0.297. The van der Waals surface area contributed by atoms with Crippen molar-refractivity contribution in [3.63, 3.8) is 0 Å². The number of imide groups is 1. The van der Waals surface area contributed by atoms with E-state index in [0.29, 0.717) is 0 Å². The Hall–Kier alpha value is -2.95. The summed E-state index contributed by atoms with van der Waals surface area (Å²) >= 11 is 0. The van der Waals surface area contributed by atoms with E-state index in [0.717, 1.165) is 34.1 Å². The van der Waals surface area contributed by atoms with Crippen molar-refractivity contribution < 1.29 is 9.59 Å². The highest BCUT2D eigenvalue weighted by Crippen LogP contribution is 2.52. The molecule has 5 heteroatoms. The smallest absolute Gasteiger partial charge is 0.254 e. The lowest BCUT2D eigenvalue weighted by Crippen LogP contribution is -2.28. The fourth-order valence-electron chi connectivity index (χ4n) is 5.39. The molecule has 0 unspecified atom stereocenters. The molecule has 2 aromatic rings. The first-order valence-electron chi connectivity index (χ1n) is 10.2. The molecule has 0 spiro atoms. The molecule has 0 radical (unpaired) electrons. The van der Waals surface area contributed by atoms with Crippen LogP contribution in [0.1, 0.15) is 34.5 Å². The largest absolute Gasteiger partial charge is 0.318 e. The minimum atomic E-state index is -0.211. The first kappa shape index (κ1) is 18.1. The molecule has 2 aliphatic carbocycles. The molecular weight excluding hydrogens is 362 g/mol. The standard InChI is InChI=1S/C24H25N3O2/c1-13-6-5-7-20(15(13)3)26-14(2)10-19(16(26)4)12-25-27-23(28)21-17-8-9-18(11-17)22(21)24(27)29/h5-10,12,17-18,21-22H,11H2,1-4H3/t17-,18-,21-,22+/m0/s1. The maximum atomic E-state index is 12.8. The summed E-state index contributed by atoms with van der Waals surface area (Å²) in [5, 5.41) is 5.47. The Kier molecular flexibility index (Phi) is 3.92. The predicted molar refractivity (Wildman–Crippen MR) is 112 cm³/mol. The summed E-state index contributed by atoms with van der Waals surface area (Å²) in [5.41, 5.74) is 6.68. The molecule has 4 atom stereocenters. The predicted octanol–water partition coefficient (Wildman–Crippen LogP) is 3.85. The summed E-state index contributed by atoms with van der Waals surface area (Å²) < 4.78 is 2.20. The summed E-state index contributed by atoms with van der Waals surface area (Å²) in [6, 6.07) is 8.34. The third kappa shape index (κ3) is 2.49. The Balaban J connectivity index is 1.46. The first-order chi connectivity index (χ1) is 13.9. The van der Waals surface area contributed by atoms with Crippen molar-refractivity contribution in [3.05, 3.63) is 64.5 Å². The van der Waals surface area contributed by atoms with E-state index in [1.807, 2.05) is 6.92 Å². The third-order valence-corrected chi connectivity index (χ3v) is 7.05. The maximum absolute atomic E-state index is 12.8. The molecule has 5 nitrogen and oxygen atoms in total. The van der Waals surface area contributed by atoms with Crippen molar-refractivity contribution in [1.29, 1.82) is 0 Å². The van der Waals surface area contributed by atoms with Gasteiger partial charge >= 0.3 is 0 Å². The Labute approximate surface area is 170 Å². The van der Waals surface area contributed by atoms with Gasteiger partial charge in [0, 0.05) is 22.6 Å². The molecule has 1 saturated carbocycles. The van der Waals surface area contributed by atoms with Crippen LogP contribution in [0.3, 0.4) is 0 Å². The zero-order valence-electron chi connectivity index (χ0n) is 17.2. The first-order valence-corrected chi connectivity index (χ1v) is 10.2. The van der Waals surface area contributed by atoms with Crippen molar-refractivity contribution >= 4 is 18.0 Å². The molecule has 148 valence electrons. The monoisotopic (exact) mass is 387 g/mol. The molecule has 1 aromatic carbocycles. The minimum Gasteiger partial charge on any atom is -0.318 e. The highest BCUT2D eigenvalue weighted by Gasteiger charge is 2.59. The summed E-state index contributed by atoms with van der Waals surface area (Å²) in [4.78, 5) is 25.6. The minimum absolute atomic E-state index is 0.142. The van der Waals surface area contributed by atoms with Crippen molar-refractivity contribution in [2.24, 2.45) is 28.8 Å². The van der Waals surface area contributed by atoms with Crippen molar-refractivity contribution in [3.8, 4) is 5.69 Å². The molecule has 2 fully saturated rings. The number of carbonyl (C=O) groups excluding carboxylic acids is 2. The number of hydrazone groups is 1. The lowest BCUT2D eigenvalue weighted by Gasteiger charge is -2.14. The van der Waals surface area contributed by atoms with Crippen LogP contribution in [-0.4, -0.2) is 27.6 Å². The lowest BCUT2D eigenvalue weighted by atomic mass is 9.85. The second-order valence-electron chi connectivity index (χ2n) is 8.61. The van der Waals surface area contributed by atoms with Gasteiger partial charge in [-0.25, -0.2) is 0 Å². The van der Waals surface area contributed by atoms with Crippen LogP contribution < -0.4 is 0 Å². The highest BCUT2D eigenvalue weighted by atomic mass is 16.2. The average molecular weight is 387 g/mol. The van der Waals surface area contributed by atoms with Crippen LogP contribution in [0.2, 0.25) is 0 Å². The van der Waals surface area contributed by atoms with Crippen LogP contribution in [0, 0.1) is 51.4 Å². The molecule has 3 aliphatic rings. The van der Waals surface area contributed by atoms with E-state index < -0.39 is 0 Å². The number of nitrogens with zero attached hydrogens (tertiary/aromatic N) is 3. The summed E-state index contributed by atoms with van der Waals surface area (Å²) in [6.07, 6.45) is 6.79. The Morgan fingerprint density at radius 3 is 2.31 bits per heavy atom. The molecule has 1 aliphatic heterocycles. The molecule has 2 bridgehead atoms. The van der Waals surface area contributed by atoms with E-state index in [-0.39, 0.29) is 35.5 Å². The second kappa shape index (κ2) is 6.28. The second-order valence-corrected chi connectivity index (χ2v) is 8.61. The van der Waals surface area contributed by atoms with Gasteiger partial charge in [0.05, 0.1) is 18.1 Å². The van der Waals surface area contributed by atoms with Gasteiger partial charge < -0.3 is 4.57 Å². The zero-order chi connectivity index (χ0) is 20.4. The van der Waals surface area contributed by atoms with Crippen molar-refractivity contribution in [2.75, 3.05) is 0 Å². The van der Waals surface area contributed by atoms with E-state index in [9.17, 15) is 9.59 Å². The van der Waals surface area contributed by atoms with E-state index >= 15 is 0 Å². The van der Waals surface area contributed by atoms with Gasteiger partial charge in [0.1, 0.15) is 0 Å². The van der Waals surface area contributed by atoms with Gasteiger partial charge in [-0.05, 0) is 69.2 Å². The zero-order valence-corrected chi connectivity index (χ0v) is 17.2. The van der Waals surface area contributed by atoms with E-state index in [1.165, 1.54) is 11.1 Å². The number of hydrogen-bond acceptors (Lipinski definition) is 3. The summed E-state index contributed by atoms with van der Waals surface area (Å²) in [7, 11) is 0. The summed E-state index contributed by atoms with van der Waals surface area (Å²) in [6.45, 7) is 8.34. The molecule has 2 amide bonds. The van der Waals surface area contributed by atoms with Gasteiger partial charge in [-0.3, -0.25) is 9.59 Å². The Morgan fingerprint density at radius 1 is 1.00 bits per heavy atom. The van der Waals surface area contributed by atoms with E-state index in [1.54, 1.807) is 6.21 Å². The van der Waals surface area contributed by atoms with Crippen LogP contribution in [0.4, 0.5) is 0 Å². The van der Waals surface area contributed by atoms with Crippen LogP contribution in [0.15, 0.2) is 41.5 Å². The Bertz CT molecular complexity index is 1080. The van der Waals surface area contributed by atoms with E-state index in [2.05, 4.69) is 66.9 Å². The van der Waals surface area contributed by atoms with Gasteiger partial charge in [0.2, 0.25) is 0 Å². The van der Waals surface area contributed by atoms with Crippen LogP contribution in [-0.2, 0) is 9.59 Å². The number of amides is 2. The molecule has 1 aromatic heterocycles. The normalized spacial score (nSPS) is 27.7. The molecule has 1 saturated heterocycles. The fraction of sp³-hybridized carbons (Fsp3) is 0.375. The average Bonchev–Trinajstić information content (AvgIpc) is 3.42. The SMILES string of the molecule is Cc1cccc(-n2c(C)cc(C=NN3C(=O)[C@@H]4[C@H](C3=O)[C@H]3C=C[C@H]4C3)c2C)c1C. The molecule has 0 N–H and O–H groups in total. The van der Waals surface area contributed by atoms with Crippen molar-refractivity contribution in [2.45, 2.75) is 34.1 Å². The van der Waals surface area contributed by atoms with Gasteiger partial charge in [0.25, 0.3) is 11.8 Å². The molecule has 29 heavy (non-hydrogen) atoms. The Morgan fingerprint density at radius 2 is 1.66 bits per heavy atom. The fourth-order valence-corrected chi connectivity index (χ4v) is 5.39. The van der Waals surface area contributed by atoms with E-state index in [4.69, 9.17) is 0 Å². The number of rotatable bonds is 3. The molecule has 5 rings (SSSR count). The number of fused-ring (bicyclic) bond motifs is 5. The molecular formula is C24H25N3O2. The number of allylic oxidation sites excluding steroid dienone is 2. The molecule has 2 heterocycles.